The Morgan fingerprint density at radius 3 is 2.62 bits per heavy atom. The third kappa shape index (κ3) is 4.12. The van der Waals surface area contributed by atoms with Gasteiger partial charge in [-0.15, -0.1) is 0 Å². The number of hydrogen-bond acceptors (Lipinski definition) is 1. The predicted molar refractivity (Wildman–Crippen MR) is 58.8 cm³/mol. The maximum atomic E-state index is 3.59. The Balaban J connectivity index is 1.99. The summed E-state index contributed by atoms with van der Waals surface area (Å²) in [5.74, 6) is 2.77. The van der Waals surface area contributed by atoms with Gasteiger partial charge in [-0.2, -0.15) is 0 Å². The standard InChI is InChI=1S/C12H25N/c1-10(2)7-8-13-9-12-6-4-5-11(12)3/h10-13H,4-9H2,1-3H3. The summed E-state index contributed by atoms with van der Waals surface area (Å²) in [6.07, 6.45) is 5.69. The maximum Gasteiger partial charge on any atom is -0.00180 e. The Morgan fingerprint density at radius 2 is 2.08 bits per heavy atom. The molecule has 0 saturated heterocycles. The first-order chi connectivity index (χ1) is 6.20. The van der Waals surface area contributed by atoms with E-state index in [-0.39, 0.29) is 0 Å². The average Bonchev–Trinajstić information content (AvgIpc) is 2.45. The van der Waals surface area contributed by atoms with Gasteiger partial charge in [0.1, 0.15) is 0 Å². The quantitative estimate of drug-likeness (QED) is 0.646. The minimum atomic E-state index is 0.841. The summed E-state index contributed by atoms with van der Waals surface area (Å²) in [5.41, 5.74) is 0. The van der Waals surface area contributed by atoms with Gasteiger partial charge in [-0.3, -0.25) is 0 Å². The lowest BCUT2D eigenvalue weighted by atomic mass is 9.98. The van der Waals surface area contributed by atoms with Gasteiger partial charge < -0.3 is 5.32 Å². The molecule has 1 heteroatoms. The van der Waals surface area contributed by atoms with Crippen molar-refractivity contribution in [1.82, 2.24) is 5.32 Å². The van der Waals surface area contributed by atoms with Crippen molar-refractivity contribution in [3.63, 3.8) is 0 Å². The number of rotatable bonds is 5. The third-order valence-electron chi connectivity index (χ3n) is 3.34. The van der Waals surface area contributed by atoms with Crippen LogP contribution in [0.5, 0.6) is 0 Å². The van der Waals surface area contributed by atoms with Gasteiger partial charge in [0, 0.05) is 0 Å². The molecule has 0 aromatic heterocycles. The zero-order valence-electron chi connectivity index (χ0n) is 9.47. The summed E-state index contributed by atoms with van der Waals surface area (Å²) in [6, 6.07) is 0. The summed E-state index contributed by atoms with van der Waals surface area (Å²) in [6.45, 7) is 9.45. The van der Waals surface area contributed by atoms with Gasteiger partial charge in [0.25, 0.3) is 0 Å². The second kappa shape index (κ2) is 5.64. The van der Waals surface area contributed by atoms with Crippen molar-refractivity contribution >= 4 is 0 Å². The van der Waals surface area contributed by atoms with Gasteiger partial charge in [0.05, 0.1) is 0 Å². The topological polar surface area (TPSA) is 12.0 Å². The lowest BCUT2D eigenvalue weighted by Crippen LogP contribution is -2.25. The van der Waals surface area contributed by atoms with E-state index in [1.807, 2.05) is 0 Å². The fourth-order valence-electron chi connectivity index (χ4n) is 2.20. The molecule has 78 valence electrons. The molecule has 1 nitrogen and oxygen atoms in total. The molecule has 1 N–H and O–H groups in total. The smallest absolute Gasteiger partial charge is 0.00180 e. The maximum absolute atomic E-state index is 3.59. The van der Waals surface area contributed by atoms with Gasteiger partial charge >= 0.3 is 0 Å². The SMILES string of the molecule is CC(C)CCNCC1CCCC1C. The summed E-state index contributed by atoms with van der Waals surface area (Å²) >= 11 is 0. The van der Waals surface area contributed by atoms with E-state index in [2.05, 4.69) is 26.1 Å². The van der Waals surface area contributed by atoms with Gasteiger partial charge in [-0.05, 0) is 43.7 Å². The Morgan fingerprint density at radius 1 is 1.31 bits per heavy atom. The summed E-state index contributed by atoms with van der Waals surface area (Å²) in [7, 11) is 0. The van der Waals surface area contributed by atoms with E-state index in [0.717, 1.165) is 17.8 Å². The fraction of sp³-hybridized carbons (Fsp3) is 1.00. The van der Waals surface area contributed by atoms with Crippen LogP contribution >= 0.6 is 0 Å². The first-order valence-corrected chi connectivity index (χ1v) is 5.91. The second-order valence-corrected chi connectivity index (χ2v) is 5.05. The van der Waals surface area contributed by atoms with Crippen LogP contribution in [-0.4, -0.2) is 13.1 Å². The Labute approximate surface area is 83.3 Å². The van der Waals surface area contributed by atoms with Crippen molar-refractivity contribution in [3.05, 3.63) is 0 Å². The van der Waals surface area contributed by atoms with Crippen LogP contribution in [0.3, 0.4) is 0 Å². The molecule has 1 saturated carbocycles. The van der Waals surface area contributed by atoms with Crippen LogP contribution in [0.2, 0.25) is 0 Å². The van der Waals surface area contributed by atoms with E-state index >= 15 is 0 Å². The molecule has 0 aromatic rings. The van der Waals surface area contributed by atoms with Gasteiger partial charge in [-0.1, -0.05) is 33.6 Å². The minimum Gasteiger partial charge on any atom is -0.316 e. The Bertz CT molecular complexity index is 131. The highest BCUT2D eigenvalue weighted by molar-refractivity contribution is 4.75. The van der Waals surface area contributed by atoms with E-state index < -0.39 is 0 Å². The van der Waals surface area contributed by atoms with E-state index in [0.29, 0.717) is 0 Å². The monoisotopic (exact) mass is 183 g/mol. The van der Waals surface area contributed by atoms with Crippen molar-refractivity contribution in [1.29, 1.82) is 0 Å². The second-order valence-electron chi connectivity index (χ2n) is 5.05. The molecule has 1 rings (SSSR count). The first-order valence-electron chi connectivity index (χ1n) is 5.91. The first kappa shape index (κ1) is 11.0. The third-order valence-corrected chi connectivity index (χ3v) is 3.34. The highest BCUT2D eigenvalue weighted by atomic mass is 14.9. The van der Waals surface area contributed by atoms with E-state index in [4.69, 9.17) is 0 Å². The largest absolute Gasteiger partial charge is 0.316 e. The lowest BCUT2D eigenvalue weighted by Gasteiger charge is -2.16. The van der Waals surface area contributed by atoms with Crippen LogP contribution in [-0.2, 0) is 0 Å². The van der Waals surface area contributed by atoms with E-state index in [9.17, 15) is 0 Å². The highest BCUT2D eigenvalue weighted by Gasteiger charge is 2.22. The molecule has 0 spiro atoms. The summed E-state index contributed by atoms with van der Waals surface area (Å²) in [4.78, 5) is 0. The predicted octanol–water partition coefficient (Wildman–Crippen LogP) is 3.06. The molecule has 1 aliphatic rings. The van der Waals surface area contributed by atoms with Crippen molar-refractivity contribution in [3.8, 4) is 0 Å². The Kier molecular flexibility index (Phi) is 4.79. The molecular formula is C12H25N. The van der Waals surface area contributed by atoms with Gasteiger partial charge in [0.2, 0.25) is 0 Å². The molecule has 0 heterocycles. The van der Waals surface area contributed by atoms with Crippen molar-refractivity contribution < 1.29 is 0 Å². The van der Waals surface area contributed by atoms with Crippen LogP contribution in [0.25, 0.3) is 0 Å². The highest BCUT2D eigenvalue weighted by Crippen LogP contribution is 2.30. The summed E-state index contributed by atoms with van der Waals surface area (Å²) < 4.78 is 0. The molecule has 1 aliphatic carbocycles. The number of hydrogen-bond donors (Lipinski definition) is 1. The minimum absolute atomic E-state index is 0.841. The molecule has 0 aromatic carbocycles. The van der Waals surface area contributed by atoms with Crippen LogP contribution in [0.1, 0.15) is 46.5 Å². The molecule has 2 unspecified atom stereocenters. The molecule has 1 fully saturated rings. The van der Waals surface area contributed by atoms with Gasteiger partial charge in [-0.25, -0.2) is 0 Å². The molecule has 0 amide bonds. The van der Waals surface area contributed by atoms with E-state index in [1.165, 1.54) is 38.8 Å². The van der Waals surface area contributed by atoms with Crippen LogP contribution in [0.4, 0.5) is 0 Å². The fourth-order valence-corrected chi connectivity index (χ4v) is 2.20. The zero-order chi connectivity index (χ0) is 9.68. The van der Waals surface area contributed by atoms with Gasteiger partial charge in [0.15, 0.2) is 0 Å². The van der Waals surface area contributed by atoms with Crippen LogP contribution in [0, 0.1) is 17.8 Å². The lowest BCUT2D eigenvalue weighted by molar-refractivity contribution is 0.385. The van der Waals surface area contributed by atoms with E-state index in [1.54, 1.807) is 0 Å². The van der Waals surface area contributed by atoms with Crippen LogP contribution < -0.4 is 5.32 Å². The normalized spacial score (nSPS) is 28.6. The van der Waals surface area contributed by atoms with Crippen LogP contribution in [0.15, 0.2) is 0 Å². The van der Waals surface area contributed by atoms with Crippen molar-refractivity contribution in [2.45, 2.75) is 46.5 Å². The molecule has 0 bridgehead atoms. The molecule has 0 radical (unpaired) electrons. The Hall–Kier alpha value is -0.0400. The average molecular weight is 183 g/mol. The number of nitrogens with one attached hydrogen (secondary N) is 1. The van der Waals surface area contributed by atoms with Crippen molar-refractivity contribution in [2.24, 2.45) is 17.8 Å². The summed E-state index contributed by atoms with van der Waals surface area (Å²) in [5, 5.41) is 3.59. The van der Waals surface area contributed by atoms with Crippen molar-refractivity contribution in [2.75, 3.05) is 13.1 Å². The zero-order valence-corrected chi connectivity index (χ0v) is 9.47. The molecule has 13 heavy (non-hydrogen) atoms. The molecular weight excluding hydrogens is 158 g/mol. The molecule has 2 atom stereocenters. The molecule has 0 aliphatic heterocycles.